The van der Waals surface area contributed by atoms with Gasteiger partial charge in [-0.3, -0.25) is 4.98 Å². The van der Waals surface area contributed by atoms with Crippen LogP contribution in [0.1, 0.15) is 30.8 Å². The van der Waals surface area contributed by atoms with Crippen LogP contribution in [0.15, 0.2) is 30.6 Å². The Kier molecular flexibility index (Phi) is 5.78. The van der Waals surface area contributed by atoms with E-state index in [1.807, 2.05) is 36.9 Å². The first-order valence-corrected chi connectivity index (χ1v) is 10.3. The molecule has 0 aromatic carbocycles. The van der Waals surface area contributed by atoms with E-state index in [2.05, 4.69) is 25.2 Å². The Morgan fingerprint density at radius 2 is 2.00 bits per heavy atom. The highest BCUT2D eigenvalue weighted by atomic mass is 16.5. The van der Waals surface area contributed by atoms with Crippen molar-refractivity contribution in [2.24, 2.45) is 0 Å². The molecule has 0 aliphatic carbocycles. The van der Waals surface area contributed by atoms with Gasteiger partial charge in [0.15, 0.2) is 0 Å². The highest BCUT2D eigenvalue weighted by molar-refractivity contribution is 5.75. The van der Waals surface area contributed by atoms with Crippen molar-refractivity contribution < 1.29 is 9.53 Å². The molecule has 2 aromatic rings. The number of likely N-dealkylation sites (tertiary alicyclic amines) is 1. The summed E-state index contributed by atoms with van der Waals surface area (Å²) in [7, 11) is 0. The van der Waals surface area contributed by atoms with Crippen LogP contribution in [0.3, 0.4) is 0 Å². The molecular weight excluding hydrogens is 368 g/mol. The molecule has 2 aliphatic rings. The zero-order valence-corrected chi connectivity index (χ0v) is 17.0. The first kappa shape index (κ1) is 19.4. The molecule has 2 aromatic heterocycles. The smallest absolute Gasteiger partial charge is 0.317 e. The molecule has 4 heterocycles. The van der Waals surface area contributed by atoms with Crippen LogP contribution in [0.25, 0.3) is 0 Å². The molecular formula is C21H28N6O2. The maximum atomic E-state index is 12.7. The van der Waals surface area contributed by atoms with Crippen molar-refractivity contribution in [1.82, 2.24) is 25.2 Å². The van der Waals surface area contributed by atoms with Gasteiger partial charge < -0.3 is 19.9 Å². The fraction of sp³-hybridized carbons (Fsp3) is 0.524. The van der Waals surface area contributed by atoms with Gasteiger partial charge in [-0.2, -0.15) is 0 Å². The lowest BCUT2D eigenvalue weighted by molar-refractivity contribution is 0.182. The monoisotopic (exact) mass is 396 g/mol. The van der Waals surface area contributed by atoms with Gasteiger partial charge in [-0.05, 0) is 38.8 Å². The number of amides is 2. The number of ether oxygens (including phenoxy) is 1. The maximum Gasteiger partial charge on any atom is 0.317 e. The van der Waals surface area contributed by atoms with Gasteiger partial charge in [0.05, 0.1) is 12.7 Å². The number of carbonyl (C=O) groups is 1. The summed E-state index contributed by atoms with van der Waals surface area (Å²) in [5.41, 5.74) is 0.986. The lowest BCUT2D eigenvalue weighted by atomic mass is 10.1. The van der Waals surface area contributed by atoms with Crippen molar-refractivity contribution in [2.45, 2.75) is 45.3 Å². The van der Waals surface area contributed by atoms with Gasteiger partial charge in [0, 0.05) is 50.1 Å². The summed E-state index contributed by atoms with van der Waals surface area (Å²) in [5.74, 6) is 2.53. The summed E-state index contributed by atoms with van der Waals surface area (Å²) in [5, 5.41) is 3.20. The highest BCUT2D eigenvalue weighted by Gasteiger charge is 2.30. The van der Waals surface area contributed by atoms with E-state index in [0.717, 1.165) is 62.0 Å². The maximum absolute atomic E-state index is 12.7. The fourth-order valence-electron chi connectivity index (χ4n) is 4.00. The number of pyridine rings is 1. The quantitative estimate of drug-likeness (QED) is 0.854. The molecule has 1 atom stereocenters. The van der Waals surface area contributed by atoms with E-state index in [0.29, 0.717) is 6.54 Å². The minimum Gasteiger partial charge on any atom is -0.487 e. The molecule has 0 spiro atoms. The Labute approximate surface area is 171 Å². The molecule has 4 rings (SSSR count). The number of hydrogen-bond donors (Lipinski definition) is 1. The molecule has 2 saturated heterocycles. The molecule has 154 valence electrons. The average molecular weight is 396 g/mol. The highest BCUT2D eigenvalue weighted by Crippen LogP contribution is 2.20. The van der Waals surface area contributed by atoms with E-state index in [4.69, 9.17) is 4.74 Å². The van der Waals surface area contributed by atoms with E-state index >= 15 is 0 Å². The number of nitrogens with one attached hydrogen (secondary N) is 1. The Bertz CT molecular complexity index is 818. The molecule has 0 saturated carbocycles. The van der Waals surface area contributed by atoms with Crippen molar-refractivity contribution >= 4 is 11.8 Å². The van der Waals surface area contributed by atoms with E-state index in [-0.39, 0.29) is 18.2 Å². The standard InChI is InChI=1S/C21H28N6O2/c1-15-12-20(24-16(2)23-15)26-9-5-17(6-10-26)25-21(28)27-11-7-19(14-27)29-18-4-3-8-22-13-18/h3-4,8,12-13,17,19H,5-7,9-11,14H2,1-2H3,(H,25,28). The number of urea groups is 1. The van der Waals surface area contributed by atoms with Crippen LogP contribution in [0.5, 0.6) is 5.75 Å². The van der Waals surface area contributed by atoms with Gasteiger partial charge in [-0.25, -0.2) is 14.8 Å². The van der Waals surface area contributed by atoms with Crippen LogP contribution in [0.4, 0.5) is 10.6 Å². The number of nitrogens with zero attached hydrogens (tertiary/aromatic N) is 5. The molecule has 0 radical (unpaired) electrons. The first-order valence-electron chi connectivity index (χ1n) is 10.3. The SMILES string of the molecule is Cc1cc(N2CCC(NC(=O)N3CCC(Oc4cccnc4)C3)CC2)nc(C)n1. The second-order valence-electron chi connectivity index (χ2n) is 7.79. The van der Waals surface area contributed by atoms with Crippen molar-refractivity contribution in [2.75, 3.05) is 31.1 Å². The minimum absolute atomic E-state index is 0.00876. The zero-order valence-electron chi connectivity index (χ0n) is 17.0. The van der Waals surface area contributed by atoms with Crippen LogP contribution < -0.4 is 15.0 Å². The van der Waals surface area contributed by atoms with Gasteiger partial charge >= 0.3 is 6.03 Å². The summed E-state index contributed by atoms with van der Waals surface area (Å²) in [6, 6.07) is 5.98. The van der Waals surface area contributed by atoms with Gasteiger partial charge in [0.2, 0.25) is 0 Å². The average Bonchev–Trinajstić information content (AvgIpc) is 3.17. The van der Waals surface area contributed by atoms with Crippen molar-refractivity contribution in [3.63, 3.8) is 0 Å². The van der Waals surface area contributed by atoms with Gasteiger partial charge in [-0.1, -0.05) is 0 Å². The summed E-state index contributed by atoms with van der Waals surface area (Å²) in [6.45, 7) is 7.01. The van der Waals surface area contributed by atoms with Gasteiger partial charge in [0.1, 0.15) is 23.5 Å². The third kappa shape index (κ3) is 4.93. The normalized spacial score (nSPS) is 20.0. The van der Waals surface area contributed by atoms with Crippen molar-refractivity contribution in [3.05, 3.63) is 42.1 Å². The second kappa shape index (κ2) is 8.63. The molecule has 8 nitrogen and oxygen atoms in total. The second-order valence-corrected chi connectivity index (χ2v) is 7.79. The molecule has 2 amide bonds. The first-order chi connectivity index (χ1) is 14.1. The predicted molar refractivity (Wildman–Crippen MR) is 110 cm³/mol. The summed E-state index contributed by atoms with van der Waals surface area (Å²) >= 11 is 0. The Morgan fingerprint density at radius 1 is 1.17 bits per heavy atom. The Balaban J connectivity index is 1.24. The third-order valence-electron chi connectivity index (χ3n) is 5.47. The van der Waals surface area contributed by atoms with Crippen molar-refractivity contribution in [1.29, 1.82) is 0 Å². The predicted octanol–water partition coefficient (Wildman–Crippen LogP) is 2.32. The van der Waals surface area contributed by atoms with Crippen LogP contribution in [0, 0.1) is 13.8 Å². The third-order valence-corrected chi connectivity index (χ3v) is 5.47. The fourth-order valence-corrected chi connectivity index (χ4v) is 4.00. The number of rotatable bonds is 4. The number of anilines is 1. The van der Waals surface area contributed by atoms with Crippen LogP contribution in [-0.2, 0) is 0 Å². The summed E-state index contributed by atoms with van der Waals surface area (Å²) in [4.78, 5) is 29.8. The lowest BCUT2D eigenvalue weighted by Gasteiger charge is -2.34. The molecule has 1 unspecified atom stereocenters. The summed E-state index contributed by atoms with van der Waals surface area (Å²) < 4.78 is 5.93. The topological polar surface area (TPSA) is 83.5 Å². The molecule has 8 heteroatoms. The Morgan fingerprint density at radius 3 is 2.72 bits per heavy atom. The zero-order chi connectivity index (χ0) is 20.2. The number of carbonyl (C=O) groups excluding carboxylic acids is 1. The number of piperidine rings is 1. The van der Waals surface area contributed by atoms with E-state index in [1.54, 1.807) is 12.4 Å². The van der Waals surface area contributed by atoms with Crippen LogP contribution in [-0.4, -0.2) is 64.2 Å². The van der Waals surface area contributed by atoms with E-state index in [9.17, 15) is 4.79 Å². The largest absolute Gasteiger partial charge is 0.487 e. The minimum atomic E-state index is 0.00876. The van der Waals surface area contributed by atoms with E-state index in [1.165, 1.54) is 0 Å². The van der Waals surface area contributed by atoms with E-state index < -0.39 is 0 Å². The lowest BCUT2D eigenvalue weighted by Crippen LogP contribution is -2.49. The number of hydrogen-bond acceptors (Lipinski definition) is 6. The molecule has 29 heavy (non-hydrogen) atoms. The molecule has 1 N–H and O–H groups in total. The molecule has 2 fully saturated rings. The molecule has 2 aliphatic heterocycles. The summed E-state index contributed by atoms with van der Waals surface area (Å²) in [6.07, 6.45) is 6.12. The van der Waals surface area contributed by atoms with Crippen molar-refractivity contribution in [3.8, 4) is 5.75 Å². The number of aromatic nitrogens is 3. The van der Waals surface area contributed by atoms with Crippen LogP contribution in [0.2, 0.25) is 0 Å². The Hall–Kier alpha value is -2.90. The van der Waals surface area contributed by atoms with Gasteiger partial charge in [0.25, 0.3) is 0 Å². The molecule has 0 bridgehead atoms. The van der Waals surface area contributed by atoms with Crippen LogP contribution >= 0.6 is 0 Å². The number of aryl methyl sites for hydroxylation is 2. The van der Waals surface area contributed by atoms with Gasteiger partial charge in [-0.15, -0.1) is 0 Å².